The van der Waals surface area contributed by atoms with Gasteiger partial charge >= 0.3 is 0 Å². The van der Waals surface area contributed by atoms with Crippen molar-refractivity contribution >= 4 is 78.2 Å². The van der Waals surface area contributed by atoms with E-state index in [1.54, 1.807) is 65.3 Å². The lowest BCUT2D eigenvalue weighted by molar-refractivity contribution is -0.131. The second-order valence-corrected chi connectivity index (χ2v) is 31.5. The van der Waals surface area contributed by atoms with Gasteiger partial charge in [-0.25, -0.2) is 9.97 Å². The second-order valence-electron chi connectivity index (χ2n) is 25.8. The average molecular weight is 1340 g/mol. The molecule has 0 unspecified atom stereocenters. The number of rotatable bonds is 16. The first-order valence-corrected chi connectivity index (χ1v) is 35.4. The van der Waals surface area contributed by atoms with E-state index in [4.69, 9.17) is 37.1 Å². The fraction of sp³-hybridized carbons (Fsp3) is 0.333. The summed E-state index contributed by atoms with van der Waals surface area (Å²) in [5.41, 5.74) is 11.6. The molecule has 0 atom stereocenters. The van der Waals surface area contributed by atoms with Gasteiger partial charge in [-0.1, -0.05) is 92.5 Å². The Morgan fingerprint density at radius 2 is 0.989 bits per heavy atom. The Morgan fingerprint density at radius 1 is 0.568 bits per heavy atom. The molecular formula is C72H78Cl2N10O10Si. The Morgan fingerprint density at radius 3 is 1.40 bits per heavy atom. The van der Waals surface area contributed by atoms with Crippen molar-refractivity contribution in [3.05, 3.63) is 220 Å². The number of nitrogens with zero attached hydrogens (tertiary/aromatic N) is 8. The zero-order valence-corrected chi connectivity index (χ0v) is 57.0. The molecule has 494 valence electrons. The number of aromatic nitrogens is 4. The van der Waals surface area contributed by atoms with Crippen LogP contribution in [0.1, 0.15) is 86.0 Å². The largest absolute Gasteiger partial charge is 0.413 e. The minimum atomic E-state index is -2.17. The van der Waals surface area contributed by atoms with Crippen molar-refractivity contribution < 1.29 is 38.2 Å². The van der Waals surface area contributed by atoms with Crippen LogP contribution in [-0.2, 0) is 89.8 Å². The molecule has 20 nitrogen and oxygen atoms in total. The average Bonchev–Trinajstić information content (AvgIpc) is 1.89. The summed E-state index contributed by atoms with van der Waals surface area (Å²) < 4.78 is 20.5. The SMILES string of the molecule is Cn1cc(-c2cccc(CC(=O)N3Cc4ccc(Cl)cc4C3)c2CO)cc(Nc2ccc(C(=O)N3CCOCC3)cn2)c1=O.Cn1cc(-c2cccc(CC(=O)N3Cc4ccc(Cl)cc4C3)c2CO[Si](C)(C)C(C)(C)C)cc(Nc2ccc(C(=O)N3CCOCC3)cn2)c1=O. The molecule has 0 radical (unpaired) electrons. The third kappa shape index (κ3) is 15.6. The van der Waals surface area contributed by atoms with Gasteiger partial charge in [0, 0.05) is 112 Å². The number of hydrogen-bond donors (Lipinski definition) is 3. The molecule has 4 amide bonds. The fourth-order valence-corrected chi connectivity index (χ4v) is 13.2. The van der Waals surface area contributed by atoms with Gasteiger partial charge in [0.05, 0.1) is 63.6 Å². The van der Waals surface area contributed by atoms with Crippen LogP contribution in [0.25, 0.3) is 22.3 Å². The summed E-state index contributed by atoms with van der Waals surface area (Å²) in [5.74, 6) is 0.619. The number of aliphatic hydroxyl groups is 1. The van der Waals surface area contributed by atoms with E-state index in [0.717, 1.165) is 50.1 Å². The normalized spacial score (nSPS) is 14.6. The zero-order valence-electron chi connectivity index (χ0n) is 54.5. The van der Waals surface area contributed by atoms with Crippen LogP contribution in [0.4, 0.5) is 23.0 Å². The molecule has 95 heavy (non-hydrogen) atoms. The number of fused-ring (bicyclic) bond motifs is 2. The number of pyridine rings is 4. The Balaban J connectivity index is 0.000000195. The van der Waals surface area contributed by atoms with Crippen LogP contribution in [-0.4, -0.2) is 128 Å². The highest BCUT2D eigenvalue weighted by Gasteiger charge is 2.38. The van der Waals surface area contributed by atoms with Crippen molar-refractivity contribution in [1.82, 2.24) is 38.7 Å². The van der Waals surface area contributed by atoms with Crippen molar-refractivity contribution in [3.8, 4) is 22.3 Å². The summed E-state index contributed by atoms with van der Waals surface area (Å²) in [6, 6.07) is 33.3. The number of ether oxygens (including phenoxy) is 2. The molecular weight excluding hydrogens is 1260 g/mol. The highest BCUT2D eigenvalue weighted by molar-refractivity contribution is 6.74. The van der Waals surface area contributed by atoms with Gasteiger partial charge in [0.1, 0.15) is 23.0 Å². The maximum absolute atomic E-state index is 13.8. The standard InChI is InChI=1S/C39H46ClN5O5Si.C33H32ClN5O5/c1-39(2,3)51(5,6)50-25-33-26(20-36(46)45-23-28-10-12-31(40)18-29(28)24-45)8-7-9-32(33)30-19-34(38(48)43(4)22-30)42-35-13-11-27(21-41-35)37(47)44-14-16-49-17-15-44;1-37-17-25(14-29(33(37)43)36-30-8-6-22(16-35-30)32(42)38-9-11-44-12-10-38)27-4-2-3-21(28(27)20-40)15-31(41)39-18-23-5-7-26(34)13-24(23)19-39/h7-13,18-19,21-22H,14-17,20,23-25H2,1-6H3,(H,41,42);2-8,13-14,16-17,40H,9-12,15,18-20H2,1H3,(H,35,36). The van der Waals surface area contributed by atoms with Crippen molar-refractivity contribution in [3.63, 3.8) is 0 Å². The third-order valence-electron chi connectivity index (χ3n) is 18.4. The van der Waals surface area contributed by atoms with E-state index in [2.05, 4.69) is 54.5 Å². The van der Waals surface area contributed by atoms with Gasteiger partial charge in [-0.3, -0.25) is 28.8 Å². The van der Waals surface area contributed by atoms with Crippen LogP contribution >= 0.6 is 23.2 Å². The van der Waals surface area contributed by atoms with Gasteiger partial charge in [0.25, 0.3) is 22.9 Å². The summed E-state index contributed by atoms with van der Waals surface area (Å²) in [6.07, 6.45) is 6.86. The molecule has 0 saturated carbocycles. The highest BCUT2D eigenvalue weighted by atomic mass is 35.5. The summed E-state index contributed by atoms with van der Waals surface area (Å²) >= 11 is 12.4. The van der Waals surface area contributed by atoms with Crippen LogP contribution in [0, 0.1) is 0 Å². The number of carbonyl (C=O) groups is 4. The number of hydrogen-bond acceptors (Lipinski definition) is 14. The van der Waals surface area contributed by atoms with Crippen molar-refractivity contribution in [1.29, 1.82) is 0 Å². The maximum Gasteiger partial charge on any atom is 0.274 e. The first kappa shape index (κ1) is 67.6. The number of halogens is 2. The predicted octanol–water partition coefficient (Wildman–Crippen LogP) is 10.8. The molecule has 3 N–H and O–H groups in total. The molecule has 2 saturated heterocycles. The first-order chi connectivity index (χ1) is 45.5. The van der Waals surface area contributed by atoms with Crippen LogP contribution in [0.2, 0.25) is 28.2 Å². The summed E-state index contributed by atoms with van der Waals surface area (Å²) in [6.45, 7) is 17.4. The van der Waals surface area contributed by atoms with Crippen molar-refractivity contribution in [2.75, 3.05) is 63.2 Å². The number of aliphatic hydroxyl groups excluding tert-OH is 1. The molecule has 0 spiro atoms. The molecule has 8 aromatic rings. The summed E-state index contributed by atoms with van der Waals surface area (Å²) in [5, 5.41) is 18.0. The zero-order chi connectivity index (χ0) is 67.3. The van der Waals surface area contributed by atoms with Crippen LogP contribution in [0.5, 0.6) is 0 Å². The number of nitrogens with one attached hydrogen (secondary N) is 2. The minimum Gasteiger partial charge on any atom is -0.413 e. The molecule has 4 aromatic carbocycles. The molecule has 0 aliphatic carbocycles. The molecule has 4 aliphatic rings. The third-order valence-corrected chi connectivity index (χ3v) is 23.3. The number of amides is 4. The molecule has 4 aliphatic heterocycles. The van der Waals surface area contributed by atoms with Crippen LogP contribution in [0.3, 0.4) is 0 Å². The van der Waals surface area contributed by atoms with E-state index in [0.29, 0.717) is 141 Å². The van der Waals surface area contributed by atoms with Gasteiger partial charge < -0.3 is 58.4 Å². The Hall–Kier alpha value is -8.80. The van der Waals surface area contributed by atoms with Crippen molar-refractivity contribution in [2.24, 2.45) is 14.1 Å². The number of morpholine rings is 2. The lowest BCUT2D eigenvalue weighted by Gasteiger charge is -2.36. The monoisotopic (exact) mass is 1340 g/mol. The molecule has 23 heteroatoms. The quantitative estimate of drug-likeness (QED) is 0.0766. The van der Waals surface area contributed by atoms with E-state index in [1.165, 1.54) is 21.5 Å². The molecule has 8 heterocycles. The molecule has 4 aromatic heterocycles. The Bertz CT molecular complexity index is 4330. The summed E-state index contributed by atoms with van der Waals surface area (Å²) in [4.78, 5) is 95.2. The number of benzene rings is 4. The van der Waals surface area contributed by atoms with Gasteiger partial charge in [-0.15, -0.1) is 0 Å². The number of carbonyl (C=O) groups excluding carboxylic acids is 4. The van der Waals surface area contributed by atoms with E-state index >= 15 is 0 Å². The fourth-order valence-electron chi connectivity index (χ4n) is 11.9. The first-order valence-electron chi connectivity index (χ1n) is 31.7. The molecule has 0 bridgehead atoms. The number of aryl methyl sites for hydroxylation is 2. The Kier molecular flexibility index (Phi) is 20.7. The smallest absolute Gasteiger partial charge is 0.274 e. The van der Waals surface area contributed by atoms with Crippen molar-refractivity contribution in [2.45, 2.75) is 91.1 Å². The Labute approximate surface area is 563 Å². The van der Waals surface area contributed by atoms with Gasteiger partial charge in [0.2, 0.25) is 11.8 Å². The topological polar surface area (TPSA) is 223 Å². The van der Waals surface area contributed by atoms with E-state index in [1.807, 2.05) is 90.0 Å². The van der Waals surface area contributed by atoms with E-state index in [9.17, 15) is 33.9 Å². The molecule has 12 rings (SSSR count). The highest BCUT2D eigenvalue weighted by Crippen LogP contribution is 2.39. The second kappa shape index (κ2) is 29.0. The van der Waals surface area contributed by atoms with Crippen LogP contribution in [0.15, 0.2) is 144 Å². The maximum atomic E-state index is 13.8. The summed E-state index contributed by atoms with van der Waals surface area (Å²) in [7, 11) is 1.19. The van der Waals surface area contributed by atoms with Gasteiger partial charge in [0.15, 0.2) is 8.32 Å². The lowest BCUT2D eigenvalue weighted by atomic mass is 9.94. The van der Waals surface area contributed by atoms with Gasteiger partial charge in [-0.2, -0.15) is 0 Å². The lowest BCUT2D eigenvalue weighted by Crippen LogP contribution is -2.40. The van der Waals surface area contributed by atoms with Gasteiger partial charge in [-0.05, 0) is 134 Å². The van der Waals surface area contributed by atoms with E-state index in [-0.39, 0.29) is 64.9 Å². The van der Waals surface area contributed by atoms with E-state index < -0.39 is 8.32 Å². The molecule has 2 fully saturated rings. The predicted molar refractivity (Wildman–Crippen MR) is 369 cm³/mol. The van der Waals surface area contributed by atoms with Crippen LogP contribution < -0.4 is 21.8 Å². The minimum absolute atomic E-state index is 0.0103. The number of anilines is 4.